The monoisotopic (exact) mass is 385 g/mol. The largest absolute Gasteiger partial charge is 0.454 e. The van der Waals surface area contributed by atoms with Crippen molar-refractivity contribution in [1.82, 2.24) is 4.72 Å². The van der Waals surface area contributed by atoms with Gasteiger partial charge in [-0.25, -0.2) is 22.3 Å². The zero-order valence-electron chi connectivity index (χ0n) is 13.0. The molecule has 132 valence electrons. The maximum Gasteiger partial charge on any atom is 0.338 e. The molecular formula is C16H13ClFNO5S. The van der Waals surface area contributed by atoms with Crippen LogP contribution in [0.1, 0.15) is 20.7 Å². The summed E-state index contributed by atoms with van der Waals surface area (Å²) in [5.74, 6) is -2.09. The van der Waals surface area contributed by atoms with Crippen LogP contribution in [0, 0.1) is 5.82 Å². The lowest BCUT2D eigenvalue weighted by molar-refractivity contribution is 0.0474. The molecule has 0 radical (unpaired) electrons. The van der Waals surface area contributed by atoms with Gasteiger partial charge in [-0.05, 0) is 37.4 Å². The SMILES string of the molecule is CNS(=O)(=O)c1cc(C(=O)OCC(=O)c2cccc(F)c2)ccc1Cl. The number of esters is 1. The van der Waals surface area contributed by atoms with Gasteiger partial charge in [-0.3, -0.25) is 4.79 Å². The van der Waals surface area contributed by atoms with Crippen LogP contribution in [-0.4, -0.2) is 33.8 Å². The molecule has 0 unspecified atom stereocenters. The maximum absolute atomic E-state index is 13.1. The molecule has 0 heterocycles. The van der Waals surface area contributed by atoms with Crippen LogP contribution in [0.15, 0.2) is 47.4 Å². The topological polar surface area (TPSA) is 89.5 Å². The summed E-state index contributed by atoms with van der Waals surface area (Å²) in [5, 5.41) is -0.0678. The predicted octanol–water partition coefficient (Wildman–Crippen LogP) is 2.43. The molecule has 0 aliphatic carbocycles. The molecule has 0 amide bonds. The van der Waals surface area contributed by atoms with Crippen molar-refractivity contribution in [3.63, 3.8) is 0 Å². The molecule has 0 aliphatic rings. The third-order valence-corrected chi connectivity index (χ3v) is 5.10. The van der Waals surface area contributed by atoms with Gasteiger partial charge >= 0.3 is 5.97 Å². The summed E-state index contributed by atoms with van der Waals surface area (Å²) in [5.41, 5.74) is -0.0346. The smallest absolute Gasteiger partial charge is 0.338 e. The first kappa shape index (κ1) is 19.0. The summed E-state index contributed by atoms with van der Waals surface area (Å²) in [6, 6.07) is 8.50. The lowest BCUT2D eigenvalue weighted by atomic mass is 10.1. The van der Waals surface area contributed by atoms with E-state index in [9.17, 15) is 22.4 Å². The number of rotatable bonds is 6. The number of Topliss-reactive ketones (excluding diaryl/α,β-unsaturated/α-hetero) is 1. The molecule has 0 atom stereocenters. The highest BCUT2D eigenvalue weighted by Gasteiger charge is 2.20. The Bertz CT molecular complexity index is 930. The van der Waals surface area contributed by atoms with Crippen LogP contribution >= 0.6 is 11.6 Å². The van der Waals surface area contributed by atoms with Gasteiger partial charge in [-0.15, -0.1) is 0 Å². The van der Waals surface area contributed by atoms with Gasteiger partial charge in [0.05, 0.1) is 10.6 Å². The third-order valence-electron chi connectivity index (χ3n) is 3.21. The third kappa shape index (κ3) is 4.62. The number of carbonyl (C=O) groups excluding carboxylic acids is 2. The maximum atomic E-state index is 13.1. The predicted molar refractivity (Wildman–Crippen MR) is 88.7 cm³/mol. The number of halogens is 2. The second kappa shape index (κ2) is 7.73. The molecule has 9 heteroatoms. The van der Waals surface area contributed by atoms with Gasteiger partial charge < -0.3 is 4.74 Å². The normalized spacial score (nSPS) is 11.2. The molecule has 0 aromatic heterocycles. The number of sulfonamides is 1. The Labute approximate surface area is 148 Å². The number of benzene rings is 2. The number of nitrogens with one attached hydrogen (secondary N) is 1. The van der Waals surface area contributed by atoms with E-state index in [2.05, 4.69) is 4.72 Å². The van der Waals surface area contributed by atoms with E-state index in [1.807, 2.05) is 0 Å². The van der Waals surface area contributed by atoms with Crippen molar-refractivity contribution in [3.8, 4) is 0 Å². The fourth-order valence-corrected chi connectivity index (χ4v) is 3.15. The first-order chi connectivity index (χ1) is 11.7. The van der Waals surface area contributed by atoms with E-state index in [1.54, 1.807) is 0 Å². The molecule has 0 aliphatic heterocycles. The zero-order valence-corrected chi connectivity index (χ0v) is 14.5. The lowest BCUT2D eigenvalue weighted by Gasteiger charge is -2.08. The Kier molecular flexibility index (Phi) is 5.89. The fourth-order valence-electron chi connectivity index (χ4n) is 1.91. The molecule has 2 rings (SSSR count). The van der Waals surface area contributed by atoms with Crippen molar-refractivity contribution >= 4 is 33.4 Å². The molecule has 0 fully saturated rings. The minimum atomic E-state index is -3.86. The van der Waals surface area contributed by atoms with Crippen LogP contribution in [-0.2, 0) is 14.8 Å². The first-order valence-electron chi connectivity index (χ1n) is 6.93. The molecule has 2 aromatic rings. The van der Waals surface area contributed by atoms with E-state index < -0.39 is 34.2 Å². The van der Waals surface area contributed by atoms with Crippen LogP contribution < -0.4 is 4.72 Å². The van der Waals surface area contributed by atoms with Crippen molar-refractivity contribution in [3.05, 3.63) is 64.4 Å². The second-order valence-corrected chi connectivity index (χ2v) is 7.12. The van der Waals surface area contributed by atoms with E-state index in [-0.39, 0.29) is 21.0 Å². The van der Waals surface area contributed by atoms with Gasteiger partial charge in [0.25, 0.3) is 0 Å². The minimum Gasteiger partial charge on any atom is -0.454 e. The molecule has 0 saturated heterocycles. The molecule has 1 N–H and O–H groups in total. The standard InChI is InChI=1S/C16H13ClFNO5S/c1-19-25(22,23)15-8-11(5-6-13(15)17)16(21)24-9-14(20)10-3-2-4-12(18)7-10/h2-8,19H,9H2,1H3. The number of hydrogen-bond donors (Lipinski definition) is 1. The molecule has 25 heavy (non-hydrogen) atoms. The number of hydrogen-bond acceptors (Lipinski definition) is 5. The van der Waals surface area contributed by atoms with Crippen molar-refractivity contribution in [2.24, 2.45) is 0 Å². The molecule has 0 bridgehead atoms. The average molecular weight is 386 g/mol. The van der Waals surface area contributed by atoms with Crippen LogP contribution in [0.3, 0.4) is 0 Å². The van der Waals surface area contributed by atoms with Crippen molar-refractivity contribution in [1.29, 1.82) is 0 Å². The number of ketones is 1. The Balaban J connectivity index is 2.14. The van der Waals surface area contributed by atoms with Crippen molar-refractivity contribution in [2.75, 3.05) is 13.7 Å². The highest BCUT2D eigenvalue weighted by molar-refractivity contribution is 7.89. The summed E-state index contributed by atoms with van der Waals surface area (Å²) in [6.07, 6.45) is 0. The summed E-state index contributed by atoms with van der Waals surface area (Å²) >= 11 is 5.83. The Morgan fingerprint density at radius 3 is 2.52 bits per heavy atom. The quantitative estimate of drug-likeness (QED) is 0.609. The number of carbonyl (C=O) groups is 2. The van der Waals surface area contributed by atoms with Gasteiger partial charge in [0.1, 0.15) is 10.7 Å². The van der Waals surface area contributed by atoms with E-state index in [1.165, 1.54) is 37.4 Å². The highest BCUT2D eigenvalue weighted by atomic mass is 35.5. The molecule has 0 spiro atoms. The Hall–Kier alpha value is -2.29. The van der Waals surface area contributed by atoms with E-state index in [0.29, 0.717) is 0 Å². The van der Waals surface area contributed by atoms with Gasteiger partial charge in [0, 0.05) is 5.56 Å². The molecule has 6 nitrogen and oxygen atoms in total. The second-order valence-electron chi connectivity index (χ2n) is 4.86. The van der Waals surface area contributed by atoms with Gasteiger partial charge in [0.15, 0.2) is 12.4 Å². The van der Waals surface area contributed by atoms with Crippen LogP contribution in [0.25, 0.3) is 0 Å². The number of ether oxygens (including phenoxy) is 1. The zero-order chi connectivity index (χ0) is 18.6. The summed E-state index contributed by atoms with van der Waals surface area (Å²) in [4.78, 5) is 23.6. The fraction of sp³-hybridized carbons (Fsp3) is 0.125. The lowest BCUT2D eigenvalue weighted by Crippen LogP contribution is -2.20. The molecular weight excluding hydrogens is 373 g/mol. The molecule has 2 aromatic carbocycles. The minimum absolute atomic E-state index is 0.0577. The van der Waals surface area contributed by atoms with Crippen molar-refractivity contribution in [2.45, 2.75) is 4.90 Å². The van der Waals surface area contributed by atoms with Crippen LogP contribution in [0.5, 0.6) is 0 Å². The average Bonchev–Trinajstić information content (AvgIpc) is 2.59. The summed E-state index contributed by atoms with van der Waals surface area (Å²) in [6.45, 7) is -0.612. The van der Waals surface area contributed by atoms with Crippen LogP contribution in [0.4, 0.5) is 4.39 Å². The van der Waals surface area contributed by atoms with Gasteiger partial charge in [-0.2, -0.15) is 0 Å². The summed E-state index contributed by atoms with van der Waals surface area (Å²) in [7, 11) is -2.66. The highest BCUT2D eigenvalue weighted by Crippen LogP contribution is 2.22. The van der Waals surface area contributed by atoms with Crippen molar-refractivity contribution < 1.29 is 27.1 Å². The Morgan fingerprint density at radius 2 is 1.88 bits per heavy atom. The van der Waals surface area contributed by atoms with Crippen LogP contribution in [0.2, 0.25) is 5.02 Å². The first-order valence-corrected chi connectivity index (χ1v) is 8.79. The summed E-state index contributed by atoms with van der Waals surface area (Å²) < 4.78 is 43.7. The van der Waals surface area contributed by atoms with Gasteiger partial charge in [0.2, 0.25) is 10.0 Å². The molecule has 0 saturated carbocycles. The van der Waals surface area contributed by atoms with E-state index in [0.717, 1.165) is 12.1 Å². The van der Waals surface area contributed by atoms with E-state index >= 15 is 0 Å². The van der Waals surface area contributed by atoms with E-state index in [4.69, 9.17) is 16.3 Å². The van der Waals surface area contributed by atoms with Gasteiger partial charge in [-0.1, -0.05) is 23.7 Å². The Morgan fingerprint density at radius 1 is 1.16 bits per heavy atom.